The molecule has 2 aliphatic heterocycles. The maximum Gasteiger partial charge on any atom is 0.256 e. The van der Waals surface area contributed by atoms with Gasteiger partial charge in [0, 0.05) is 37.8 Å². The Kier molecular flexibility index (Phi) is 6.83. The second kappa shape index (κ2) is 9.79. The van der Waals surface area contributed by atoms with Gasteiger partial charge in [-0.25, -0.2) is 0 Å². The van der Waals surface area contributed by atoms with E-state index in [9.17, 15) is 14.9 Å². The minimum absolute atomic E-state index is 0.156. The number of hydrogen-bond acceptors (Lipinski definition) is 6. The van der Waals surface area contributed by atoms with E-state index < -0.39 is 29.4 Å². The van der Waals surface area contributed by atoms with Gasteiger partial charge in [0.1, 0.15) is 6.61 Å². The molecule has 1 spiro atoms. The number of rotatable bonds is 6. The fourth-order valence-corrected chi connectivity index (χ4v) is 6.45. The summed E-state index contributed by atoms with van der Waals surface area (Å²) < 4.78 is 12.2. The molecule has 192 valence electrons. The molecule has 37 heavy (non-hydrogen) atoms. The lowest BCUT2D eigenvalue weighted by molar-refractivity contribution is -0.532. The number of para-hydroxylation sites is 1. The molecule has 5 rings (SSSR count). The molecule has 1 saturated heterocycles. The van der Waals surface area contributed by atoms with Crippen molar-refractivity contribution in [3.8, 4) is 11.5 Å². The molecule has 0 aliphatic carbocycles. The van der Waals surface area contributed by atoms with Crippen molar-refractivity contribution in [1.29, 1.82) is 0 Å². The summed E-state index contributed by atoms with van der Waals surface area (Å²) in [6, 6.07) is 14.0. The molecule has 2 heterocycles. The number of fused-ring (bicyclic) bond motifs is 2. The summed E-state index contributed by atoms with van der Waals surface area (Å²) in [5, 5.41) is 19.6. The van der Waals surface area contributed by atoms with Crippen LogP contribution in [0, 0.1) is 10.1 Å². The Hall–Kier alpha value is -2.85. The first-order chi connectivity index (χ1) is 17.7. The van der Waals surface area contributed by atoms with Crippen LogP contribution in [0.5, 0.6) is 11.5 Å². The Balaban J connectivity index is 1.53. The summed E-state index contributed by atoms with van der Waals surface area (Å²) in [5.41, 5.74) is 1.02. The number of ether oxygens (including phenoxy) is 2. The number of hydrogen-bond donors (Lipinski definition) is 2. The van der Waals surface area contributed by atoms with Crippen LogP contribution in [0.4, 0.5) is 5.69 Å². The van der Waals surface area contributed by atoms with E-state index in [1.165, 1.54) is 7.11 Å². The lowest BCUT2D eigenvalue weighted by Gasteiger charge is -2.25. The fourth-order valence-electron chi connectivity index (χ4n) is 5.41. The van der Waals surface area contributed by atoms with Crippen molar-refractivity contribution in [1.82, 2.24) is 5.32 Å². The minimum atomic E-state index is -1.50. The van der Waals surface area contributed by atoms with Gasteiger partial charge in [0.25, 0.3) is 11.9 Å². The van der Waals surface area contributed by atoms with Crippen molar-refractivity contribution in [3.05, 3.63) is 95.9 Å². The van der Waals surface area contributed by atoms with E-state index in [1.807, 2.05) is 6.92 Å². The molecular formula is C26H22BrCl2N3O5. The summed E-state index contributed by atoms with van der Waals surface area (Å²) in [4.78, 5) is 25.5. The third kappa shape index (κ3) is 4.24. The highest BCUT2D eigenvalue weighted by Crippen LogP contribution is 2.51. The van der Waals surface area contributed by atoms with Crippen LogP contribution in [0.1, 0.15) is 29.5 Å². The average molecular weight is 607 g/mol. The molecule has 0 aromatic heterocycles. The number of benzene rings is 3. The fraction of sp³-hybridized carbons (Fsp3) is 0.269. The lowest BCUT2D eigenvalue weighted by Crippen LogP contribution is -2.54. The third-order valence-electron chi connectivity index (χ3n) is 6.99. The van der Waals surface area contributed by atoms with Gasteiger partial charge in [0.15, 0.2) is 17.0 Å². The third-order valence-corrected chi connectivity index (χ3v) is 8.16. The summed E-state index contributed by atoms with van der Waals surface area (Å²) in [6.45, 7) is 2.00. The van der Waals surface area contributed by atoms with Gasteiger partial charge >= 0.3 is 0 Å². The zero-order valence-corrected chi connectivity index (χ0v) is 22.9. The van der Waals surface area contributed by atoms with Gasteiger partial charge in [-0.2, -0.15) is 0 Å². The van der Waals surface area contributed by atoms with Gasteiger partial charge in [-0.3, -0.25) is 20.2 Å². The minimum Gasteiger partial charge on any atom is -0.493 e. The Labute approximate surface area is 231 Å². The van der Waals surface area contributed by atoms with Crippen molar-refractivity contribution in [2.24, 2.45) is 0 Å². The molecule has 2 N–H and O–H groups in total. The van der Waals surface area contributed by atoms with Crippen LogP contribution in [-0.4, -0.2) is 30.0 Å². The van der Waals surface area contributed by atoms with Crippen molar-refractivity contribution in [2.45, 2.75) is 37.1 Å². The monoisotopic (exact) mass is 605 g/mol. The first-order valence-electron chi connectivity index (χ1n) is 11.4. The van der Waals surface area contributed by atoms with Gasteiger partial charge in [-0.1, -0.05) is 47.5 Å². The van der Waals surface area contributed by atoms with Crippen LogP contribution in [-0.2, 0) is 16.9 Å². The van der Waals surface area contributed by atoms with Crippen molar-refractivity contribution >= 4 is 50.7 Å². The highest BCUT2D eigenvalue weighted by molar-refractivity contribution is 9.10. The first-order valence-corrected chi connectivity index (χ1v) is 13.0. The van der Waals surface area contributed by atoms with Gasteiger partial charge in [-0.15, -0.1) is 0 Å². The second-order valence-electron chi connectivity index (χ2n) is 9.06. The number of halogens is 3. The molecule has 3 aromatic rings. The number of methoxy groups -OCH3 is 1. The molecule has 0 bridgehead atoms. The maximum absolute atomic E-state index is 13.3. The Morgan fingerprint density at radius 1 is 1.16 bits per heavy atom. The molecule has 0 saturated carbocycles. The van der Waals surface area contributed by atoms with Crippen LogP contribution >= 0.6 is 39.1 Å². The SMILES string of the molecule is COc1cc([C@@H]2[C@H](C)N[C@@]3(C(=O)Nc4ccccc43)[C@H]2[N+](=O)[O-])cc(Br)c1OCc1ccc(Cl)cc1Cl. The zero-order valence-electron chi connectivity index (χ0n) is 19.8. The molecule has 3 aromatic carbocycles. The van der Waals surface area contributed by atoms with Crippen molar-refractivity contribution < 1.29 is 19.2 Å². The summed E-state index contributed by atoms with van der Waals surface area (Å²) in [6.07, 6.45) is 0. The standard InChI is InChI=1S/C26H22BrCl2N3O5/c1-13-22(24(32(34)35)26(31-13)17-5-3-4-6-20(17)30-25(26)33)15-9-18(27)23(21(10-15)36-2)37-12-14-7-8-16(28)11-19(14)29/h3-11,13,22,24,31H,12H2,1-2H3,(H,30,33)/t13-,22-,24-,26+/m0/s1. The highest BCUT2D eigenvalue weighted by Gasteiger charge is 2.67. The van der Waals surface area contributed by atoms with E-state index in [1.54, 1.807) is 54.6 Å². The largest absolute Gasteiger partial charge is 0.493 e. The topological polar surface area (TPSA) is 103 Å². The molecule has 8 nitrogen and oxygen atoms in total. The predicted octanol–water partition coefficient (Wildman–Crippen LogP) is 5.91. The van der Waals surface area contributed by atoms with Gasteiger partial charge < -0.3 is 14.8 Å². The number of carbonyl (C=O) groups is 1. The van der Waals surface area contributed by atoms with E-state index in [-0.39, 0.29) is 11.5 Å². The molecule has 1 amide bonds. The summed E-state index contributed by atoms with van der Waals surface area (Å²) in [5.74, 6) is -0.263. The van der Waals surface area contributed by atoms with Crippen molar-refractivity contribution in [2.75, 3.05) is 12.4 Å². The van der Waals surface area contributed by atoms with Crippen LogP contribution in [0.2, 0.25) is 10.0 Å². The number of carbonyl (C=O) groups excluding carboxylic acids is 1. The Morgan fingerprint density at radius 2 is 1.92 bits per heavy atom. The predicted molar refractivity (Wildman–Crippen MR) is 144 cm³/mol. The van der Waals surface area contributed by atoms with Crippen LogP contribution in [0.15, 0.2) is 59.1 Å². The van der Waals surface area contributed by atoms with Crippen LogP contribution < -0.4 is 20.1 Å². The quantitative estimate of drug-likeness (QED) is 0.267. The molecule has 4 atom stereocenters. The number of nitrogens with zero attached hydrogens (tertiary/aromatic N) is 1. The van der Waals surface area contributed by atoms with Crippen LogP contribution in [0.3, 0.4) is 0 Å². The molecule has 0 unspecified atom stereocenters. The smallest absolute Gasteiger partial charge is 0.256 e. The van der Waals surface area contributed by atoms with E-state index in [0.29, 0.717) is 42.8 Å². The highest BCUT2D eigenvalue weighted by atomic mass is 79.9. The molecular weight excluding hydrogens is 585 g/mol. The zero-order chi connectivity index (χ0) is 26.5. The summed E-state index contributed by atoms with van der Waals surface area (Å²) in [7, 11) is 1.50. The second-order valence-corrected chi connectivity index (χ2v) is 10.8. The first kappa shape index (κ1) is 25.8. The Morgan fingerprint density at radius 3 is 2.62 bits per heavy atom. The van der Waals surface area contributed by atoms with E-state index in [4.69, 9.17) is 32.7 Å². The van der Waals surface area contributed by atoms with Gasteiger partial charge in [0.05, 0.1) is 17.5 Å². The normalized spacial score (nSPS) is 24.1. The van der Waals surface area contributed by atoms with E-state index in [2.05, 4.69) is 26.6 Å². The molecule has 0 radical (unpaired) electrons. The number of nitrogens with one attached hydrogen (secondary N) is 2. The van der Waals surface area contributed by atoms with Gasteiger partial charge in [0.2, 0.25) is 0 Å². The van der Waals surface area contributed by atoms with Gasteiger partial charge in [-0.05, 0) is 58.7 Å². The summed E-state index contributed by atoms with van der Waals surface area (Å²) >= 11 is 15.8. The maximum atomic E-state index is 13.3. The molecule has 11 heteroatoms. The number of amides is 1. The van der Waals surface area contributed by atoms with E-state index >= 15 is 0 Å². The van der Waals surface area contributed by atoms with E-state index in [0.717, 1.165) is 5.56 Å². The lowest BCUT2D eigenvalue weighted by atomic mass is 9.78. The Bertz CT molecular complexity index is 1420. The number of anilines is 1. The molecule has 1 fully saturated rings. The van der Waals surface area contributed by atoms with Crippen LogP contribution in [0.25, 0.3) is 0 Å². The number of nitro groups is 1. The molecule has 2 aliphatic rings. The average Bonchev–Trinajstić information content (AvgIpc) is 3.32. The van der Waals surface area contributed by atoms with Crippen molar-refractivity contribution in [3.63, 3.8) is 0 Å².